The minimum absolute atomic E-state index is 0.0695. The van der Waals surface area contributed by atoms with Crippen LogP contribution in [0, 0.1) is 11.8 Å². The van der Waals surface area contributed by atoms with Crippen LogP contribution in [-0.2, 0) is 36.8 Å². The number of fused-ring (bicyclic) bond motifs is 1. The second-order valence-corrected chi connectivity index (χ2v) is 12.3. The highest BCUT2D eigenvalue weighted by molar-refractivity contribution is 7.80. The molecule has 0 radical (unpaired) electrons. The summed E-state index contributed by atoms with van der Waals surface area (Å²) in [6.45, 7) is 7.33. The molecule has 0 unspecified atom stereocenters. The van der Waals surface area contributed by atoms with Gasteiger partial charge in [-0.15, -0.1) is 0 Å². The number of carbonyl (C=O) groups excluding carboxylic acids is 5. The van der Waals surface area contributed by atoms with Crippen molar-refractivity contribution in [2.24, 2.45) is 17.6 Å². The van der Waals surface area contributed by atoms with Crippen LogP contribution in [0.15, 0.2) is 60.8 Å². The van der Waals surface area contributed by atoms with Gasteiger partial charge in [-0.05, 0) is 29.0 Å². The molecule has 11 nitrogen and oxygen atoms in total. The molecule has 0 bridgehead atoms. The van der Waals surface area contributed by atoms with E-state index in [1.165, 1.54) is 0 Å². The van der Waals surface area contributed by atoms with E-state index in [-0.39, 0.29) is 30.4 Å². The normalized spacial score (nSPS) is 15.2. The minimum atomic E-state index is -1.11. The van der Waals surface area contributed by atoms with Gasteiger partial charge in [0.2, 0.25) is 23.6 Å². The van der Waals surface area contributed by atoms with Crippen LogP contribution in [0.5, 0.6) is 0 Å². The van der Waals surface area contributed by atoms with Crippen LogP contribution >= 0.6 is 12.6 Å². The summed E-state index contributed by atoms with van der Waals surface area (Å²) < 4.78 is 0. The zero-order valence-electron chi connectivity index (χ0n) is 26.8. The molecule has 3 aromatic rings. The molecule has 248 valence electrons. The SMILES string of the molecule is CC[C@H](C)[C@H](N)C(=O)N[C@H](C(=O)N[C@@H](CS)C(=O)N[C@@H](Cc1ccccc1)C(=O)N[C@H](C=O)Cc1c[nH]c2ccccc12)C(C)C. The monoisotopic (exact) mass is 650 g/mol. The minimum Gasteiger partial charge on any atom is -0.361 e. The van der Waals surface area contributed by atoms with Crippen molar-refractivity contribution in [2.75, 3.05) is 5.75 Å². The Morgan fingerprint density at radius 2 is 1.46 bits per heavy atom. The van der Waals surface area contributed by atoms with Crippen molar-refractivity contribution in [3.8, 4) is 0 Å². The summed E-state index contributed by atoms with van der Waals surface area (Å²) in [6.07, 6.45) is 3.57. The van der Waals surface area contributed by atoms with E-state index in [1.807, 2.05) is 68.4 Å². The summed E-state index contributed by atoms with van der Waals surface area (Å²) in [4.78, 5) is 68.3. The smallest absolute Gasteiger partial charge is 0.244 e. The molecule has 4 amide bonds. The number of para-hydroxylation sites is 1. The number of H-pyrrole nitrogens is 1. The number of aromatic amines is 1. The molecule has 1 heterocycles. The van der Waals surface area contributed by atoms with Gasteiger partial charge in [-0.3, -0.25) is 19.2 Å². The number of aromatic nitrogens is 1. The van der Waals surface area contributed by atoms with Crippen LogP contribution in [0.3, 0.4) is 0 Å². The fraction of sp³-hybridized carbons (Fsp3) is 0.441. The molecule has 46 heavy (non-hydrogen) atoms. The zero-order chi connectivity index (χ0) is 33.8. The van der Waals surface area contributed by atoms with E-state index in [1.54, 1.807) is 20.0 Å². The third-order valence-electron chi connectivity index (χ3n) is 8.14. The van der Waals surface area contributed by atoms with Crippen LogP contribution in [0.4, 0.5) is 0 Å². The Morgan fingerprint density at radius 1 is 0.826 bits per heavy atom. The van der Waals surface area contributed by atoms with Crippen molar-refractivity contribution < 1.29 is 24.0 Å². The molecular formula is C34H46N6O5S. The lowest BCUT2D eigenvalue weighted by atomic mass is 9.97. The number of hydrogen-bond acceptors (Lipinski definition) is 7. The van der Waals surface area contributed by atoms with Gasteiger partial charge in [-0.2, -0.15) is 12.6 Å². The number of carbonyl (C=O) groups is 5. The molecule has 3 rings (SSSR count). The largest absolute Gasteiger partial charge is 0.361 e. The van der Waals surface area contributed by atoms with E-state index in [9.17, 15) is 24.0 Å². The molecule has 0 spiro atoms. The summed E-state index contributed by atoms with van der Waals surface area (Å²) in [7, 11) is 0. The Labute approximate surface area is 275 Å². The fourth-order valence-electron chi connectivity index (χ4n) is 5.04. The lowest BCUT2D eigenvalue weighted by molar-refractivity contribution is -0.134. The maximum atomic E-state index is 13.6. The van der Waals surface area contributed by atoms with Crippen LogP contribution in [0.25, 0.3) is 10.9 Å². The lowest BCUT2D eigenvalue weighted by Crippen LogP contribution is -2.60. The number of rotatable bonds is 17. The maximum absolute atomic E-state index is 13.6. The molecular weight excluding hydrogens is 604 g/mol. The molecule has 0 saturated heterocycles. The Kier molecular flexibility index (Phi) is 13.8. The highest BCUT2D eigenvalue weighted by Gasteiger charge is 2.32. The number of thiol groups is 1. The Balaban J connectivity index is 1.74. The first kappa shape index (κ1) is 36.3. The molecule has 0 fully saturated rings. The van der Waals surface area contributed by atoms with Gasteiger partial charge in [-0.25, -0.2) is 0 Å². The van der Waals surface area contributed by atoms with E-state index in [2.05, 4.69) is 38.9 Å². The van der Waals surface area contributed by atoms with Gasteiger partial charge in [0.25, 0.3) is 0 Å². The van der Waals surface area contributed by atoms with Crippen molar-refractivity contribution >= 4 is 53.4 Å². The highest BCUT2D eigenvalue weighted by atomic mass is 32.1. The van der Waals surface area contributed by atoms with Crippen LogP contribution in [-0.4, -0.2) is 70.9 Å². The third kappa shape index (κ3) is 9.92. The molecule has 0 aliphatic heterocycles. The number of aldehydes is 1. The van der Waals surface area contributed by atoms with Crippen molar-refractivity contribution in [1.82, 2.24) is 26.3 Å². The van der Waals surface area contributed by atoms with Gasteiger partial charge < -0.3 is 36.8 Å². The van der Waals surface area contributed by atoms with Gasteiger partial charge in [-0.1, -0.05) is 82.6 Å². The number of nitrogens with two attached hydrogens (primary N) is 1. The standard InChI is InChI=1S/C34H46N6O5S/c1-5-21(4)29(35)33(44)40-30(20(2)3)34(45)39-28(19-46)32(43)38-27(15-22-11-7-6-8-12-22)31(42)37-24(18-41)16-23-17-36-26-14-10-9-13-25(23)26/h6-14,17-18,20-21,24,27-30,36,46H,5,15-16,19,35H2,1-4H3,(H,37,42)(H,38,43)(H,39,45)(H,40,44)/t21-,24-,27-,28-,29-,30-/m0/s1. The van der Waals surface area contributed by atoms with Gasteiger partial charge in [0.1, 0.15) is 24.4 Å². The van der Waals surface area contributed by atoms with Crippen LogP contribution in [0.2, 0.25) is 0 Å². The summed E-state index contributed by atoms with van der Waals surface area (Å²) in [5, 5.41) is 11.8. The van der Waals surface area contributed by atoms with Gasteiger partial charge in [0, 0.05) is 35.7 Å². The molecule has 1 aromatic heterocycles. The van der Waals surface area contributed by atoms with Crippen molar-refractivity contribution in [2.45, 2.75) is 77.2 Å². The van der Waals surface area contributed by atoms with E-state index >= 15 is 0 Å². The van der Waals surface area contributed by atoms with Gasteiger partial charge in [0.15, 0.2) is 0 Å². The topological polar surface area (TPSA) is 175 Å². The maximum Gasteiger partial charge on any atom is 0.244 e. The molecule has 12 heteroatoms. The van der Waals surface area contributed by atoms with E-state index < -0.39 is 53.8 Å². The second-order valence-electron chi connectivity index (χ2n) is 12.0. The van der Waals surface area contributed by atoms with Crippen LogP contribution in [0.1, 0.15) is 45.2 Å². The Morgan fingerprint density at radius 3 is 2.09 bits per heavy atom. The summed E-state index contributed by atoms with van der Waals surface area (Å²) in [5.41, 5.74) is 8.64. The first-order valence-corrected chi connectivity index (χ1v) is 16.2. The van der Waals surface area contributed by atoms with Crippen molar-refractivity contribution in [3.63, 3.8) is 0 Å². The van der Waals surface area contributed by atoms with E-state index in [4.69, 9.17) is 5.73 Å². The average molecular weight is 651 g/mol. The molecule has 0 saturated carbocycles. The van der Waals surface area contributed by atoms with Crippen LogP contribution < -0.4 is 27.0 Å². The number of benzene rings is 2. The molecule has 2 aromatic carbocycles. The average Bonchev–Trinajstić information content (AvgIpc) is 3.47. The van der Waals surface area contributed by atoms with Crippen molar-refractivity contribution in [3.05, 3.63) is 71.9 Å². The third-order valence-corrected chi connectivity index (χ3v) is 8.51. The van der Waals surface area contributed by atoms with E-state index in [0.29, 0.717) is 12.7 Å². The molecule has 0 aliphatic carbocycles. The first-order valence-electron chi connectivity index (χ1n) is 15.6. The highest BCUT2D eigenvalue weighted by Crippen LogP contribution is 2.19. The summed E-state index contributed by atoms with van der Waals surface area (Å²) in [5.74, 6) is -2.66. The summed E-state index contributed by atoms with van der Waals surface area (Å²) in [6, 6.07) is 12.0. The first-order chi connectivity index (χ1) is 22.0. The summed E-state index contributed by atoms with van der Waals surface area (Å²) >= 11 is 4.28. The van der Waals surface area contributed by atoms with Gasteiger partial charge >= 0.3 is 0 Å². The Hall–Kier alpha value is -4.16. The fourth-order valence-corrected chi connectivity index (χ4v) is 5.29. The predicted molar refractivity (Wildman–Crippen MR) is 182 cm³/mol. The molecule has 7 N–H and O–H groups in total. The van der Waals surface area contributed by atoms with E-state index in [0.717, 1.165) is 22.0 Å². The molecule has 0 aliphatic rings. The second kappa shape index (κ2) is 17.5. The lowest BCUT2D eigenvalue weighted by Gasteiger charge is -2.28. The zero-order valence-corrected chi connectivity index (χ0v) is 27.7. The number of hydrogen-bond donors (Lipinski definition) is 7. The van der Waals surface area contributed by atoms with Gasteiger partial charge in [0.05, 0.1) is 12.1 Å². The quantitative estimate of drug-likeness (QED) is 0.0870. The number of amides is 4. The molecule has 6 atom stereocenters. The predicted octanol–water partition coefficient (Wildman–Crippen LogP) is 2.05. The van der Waals surface area contributed by atoms with Crippen molar-refractivity contribution in [1.29, 1.82) is 0 Å². The Bertz CT molecular complexity index is 1480. The number of nitrogens with one attached hydrogen (secondary N) is 5.